The van der Waals surface area contributed by atoms with Crippen LogP contribution in [0.3, 0.4) is 0 Å². The maximum absolute atomic E-state index is 9.48. The standard InChI is InChI=1S/C9H18O/c1-2-9(10)8-6-4-3-5-7-8/h8-10H,2-7H2,1H3/t9-/m1/s1. The lowest BCUT2D eigenvalue weighted by Crippen LogP contribution is -2.21. The van der Waals surface area contributed by atoms with Crippen molar-refractivity contribution in [2.75, 3.05) is 0 Å². The molecule has 0 aliphatic heterocycles. The molecule has 1 atom stereocenters. The Labute approximate surface area is 63.4 Å². The van der Waals surface area contributed by atoms with Crippen molar-refractivity contribution in [2.24, 2.45) is 5.92 Å². The largest absolute Gasteiger partial charge is 0.393 e. The SMILES string of the molecule is CC[C@@H](O)C1CCCCC1. The first-order valence-electron chi connectivity index (χ1n) is 4.52. The van der Waals surface area contributed by atoms with Gasteiger partial charge < -0.3 is 5.11 Å². The number of hydrogen-bond donors (Lipinski definition) is 1. The normalized spacial score (nSPS) is 24.6. The first kappa shape index (κ1) is 8.06. The minimum absolute atomic E-state index is 0.0136. The van der Waals surface area contributed by atoms with Gasteiger partial charge in [0.25, 0.3) is 0 Å². The van der Waals surface area contributed by atoms with E-state index in [1.807, 2.05) is 0 Å². The molecule has 0 radical (unpaired) electrons. The summed E-state index contributed by atoms with van der Waals surface area (Å²) in [6, 6.07) is 0. The molecule has 1 N–H and O–H groups in total. The highest BCUT2D eigenvalue weighted by Crippen LogP contribution is 2.27. The molecule has 60 valence electrons. The molecule has 0 saturated heterocycles. The van der Waals surface area contributed by atoms with Crippen molar-refractivity contribution in [1.82, 2.24) is 0 Å². The highest BCUT2D eigenvalue weighted by atomic mass is 16.3. The van der Waals surface area contributed by atoms with E-state index in [9.17, 15) is 5.11 Å². The summed E-state index contributed by atoms with van der Waals surface area (Å²) in [7, 11) is 0. The third-order valence-electron chi connectivity index (χ3n) is 2.61. The van der Waals surface area contributed by atoms with Crippen LogP contribution in [0.2, 0.25) is 0 Å². The van der Waals surface area contributed by atoms with Crippen LogP contribution in [0.1, 0.15) is 45.4 Å². The molecule has 0 aromatic rings. The summed E-state index contributed by atoms with van der Waals surface area (Å²) < 4.78 is 0. The second-order valence-electron chi connectivity index (χ2n) is 3.37. The van der Waals surface area contributed by atoms with Gasteiger partial charge in [0.15, 0.2) is 0 Å². The van der Waals surface area contributed by atoms with Crippen molar-refractivity contribution in [3.05, 3.63) is 0 Å². The van der Waals surface area contributed by atoms with Gasteiger partial charge in [-0.15, -0.1) is 0 Å². The predicted molar refractivity (Wildman–Crippen MR) is 42.9 cm³/mol. The fourth-order valence-electron chi connectivity index (χ4n) is 1.85. The molecule has 1 heteroatoms. The highest BCUT2D eigenvalue weighted by molar-refractivity contribution is 4.71. The Morgan fingerprint density at radius 1 is 1.30 bits per heavy atom. The van der Waals surface area contributed by atoms with Crippen LogP contribution in [-0.4, -0.2) is 11.2 Å². The van der Waals surface area contributed by atoms with Gasteiger partial charge in [0.2, 0.25) is 0 Å². The van der Waals surface area contributed by atoms with Crippen molar-refractivity contribution < 1.29 is 5.11 Å². The van der Waals surface area contributed by atoms with E-state index in [0.717, 1.165) is 6.42 Å². The van der Waals surface area contributed by atoms with Crippen molar-refractivity contribution in [3.8, 4) is 0 Å². The minimum Gasteiger partial charge on any atom is -0.393 e. The molecular formula is C9H18O. The molecule has 0 heterocycles. The first-order chi connectivity index (χ1) is 4.84. The minimum atomic E-state index is -0.0136. The summed E-state index contributed by atoms with van der Waals surface area (Å²) in [6.45, 7) is 2.07. The maximum atomic E-state index is 9.48. The van der Waals surface area contributed by atoms with Gasteiger partial charge in [-0.3, -0.25) is 0 Å². The van der Waals surface area contributed by atoms with Gasteiger partial charge in [-0.1, -0.05) is 26.2 Å². The third kappa shape index (κ3) is 1.98. The Balaban J connectivity index is 2.24. The molecule has 0 aromatic heterocycles. The Hall–Kier alpha value is -0.0400. The zero-order valence-electron chi connectivity index (χ0n) is 6.84. The van der Waals surface area contributed by atoms with Crippen molar-refractivity contribution >= 4 is 0 Å². The summed E-state index contributed by atoms with van der Waals surface area (Å²) in [5, 5.41) is 9.48. The van der Waals surface area contributed by atoms with E-state index < -0.39 is 0 Å². The van der Waals surface area contributed by atoms with Crippen LogP contribution < -0.4 is 0 Å². The third-order valence-corrected chi connectivity index (χ3v) is 2.61. The monoisotopic (exact) mass is 142 g/mol. The quantitative estimate of drug-likeness (QED) is 0.627. The molecular weight excluding hydrogens is 124 g/mol. The van der Waals surface area contributed by atoms with E-state index in [1.54, 1.807) is 0 Å². The fourth-order valence-corrected chi connectivity index (χ4v) is 1.85. The average Bonchev–Trinajstić information content (AvgIpc) is 2.05. The molecule has 1 fully saturated rings. The molecule has 1 saturated carbocycles. The van der Waals surface area contributed by atoms with Crippen LogP contribution >= 0.6 is 0 Å². The summed E-state index contributed by atoms with van der Waals surface area (Å²) in [5.74, 6) is 0.624. The number of rotatable bonds is 2. The zero-order valence-corrected chi connectivity index (χ0v) is 6.84. The predicted octanol–water partition coefficient (Wildman–Crippen LogP) is 2.34. The Morgan fingerprint density at radius 3 is 2.40 bits per heavy atom. The van der Waals surface area contributed by atoms with Gasteiger partial charge in [0.05, 0.1) is 6.10 Å². The number of aliphatic hydroxyl groups excluding tert-OH is 1. The Morgan fingerprint density at radius 2 is 1.90 bits per heavy atom. The highest BCUT2D eigenvalue weighted by Gasteiger charge is 2.19. The van der Waals surface area contributed by atoms with Gasteiger partial charge >= 0.3 is 0 Å². The average molecular weight is 142 g/mol. The van der Waals surface area contributed by atoms with Crippen LogP contribution in [-0.2, 0) is 0 Å². The molecule has 0 unspecified atom stereocenters. The Kier molecular flexibility index (Phi) is 3.20. The van der Waals surface area contributed by atoms with Gasteiger partial charge in [0.1, 0.15) is 0 Å². The summed E-state index contributed by atoms with van der Waals surface area (Å²) in [4.78, 5) is 0. The lowest BCUT2D eigenvalue weighted by atomic mass is 9.84. The molecule has 0 bridgehead atoms. The second kappa shape index (κ2) is 3.97. The zero-order chi connectivity index (χ0) is 7.40. The fraction of sp³-hybridized carbons (Fsp3) is 1.00. The maximum Gasteiger partial charge on any atom is 0.0565 e. The van der Waals surface area contributed by atoms with E-state index in [0.29, 0.717) is 5.92 Å². The molecule has 1 aliphatic rings. The van der Waals surface area contributed by atoms with E-state index in [2.05, 4.69) is 6.92 Å². The number of hydrogen-bond acceptors (Lipinski definition) is 1. The molecule has 10 heavy (non-hydrogen) atoms. The van der Waals surface area contributed by atoms with Crippen LogP contribution in [0.15, 0.2) is 0 Å². The van der Waals surface area contributed by atoms with Crippen LogP contribution in [0.4, 0.5) is 0 Å². The summed E-state index contributed by atoms with van der Waals surface area (Å²) in [6.07, 6.45) is 7.49. The topological polar surface area (TPSA) is 20.2 Å². The Bertz CT molecular complexity index is 84.7. The summed E-state index contributed by atoms with van der Waals surface area (Å²) >= 11 is 0. The van der Waals surface area contributed by atoms with Gasteiger partial charge in [-0.25, -0.2) is 0 Å². The first-order valence-corrected chi connectivity index (χ1v) is 4.52. The van der Waals surface area contributed by atoms with Crippen LogP contribution in [0, 0.1) is 5.92 Å². The van der Waals surface area contributed by atoms with E-state index in [4.69, 9.17) is 0 Å². The van der Waals surface area contributed by atoms with Crippen molar-refractivity contribution in [2.45, 2.75) is 51.6 Å². The molecule has 0 amide bonds. The van der Waals surface area contributed by atoms with Crippen LogP contribution in [0.5, 0.6) is 0 Å². The smallest absolute Gasteiger partial charge is 0.0565 e. The van der Waals surface area contributed by atoms with E-state index >= 15 is 0 Å². The molecule has 1 aliphatic carbocycles. The molecule has 0 aromatic carbocycles. The molecule has 0 spiro atoms. The second-order valence-corrected chi connectivity index (χ2v) is 3.37. The lowest BCUT2D eigenvalue weighted by molar-refractivity contribution is 0.0816. The van der Waals surface area contributed by atoms with Gasteiger partial charge in [-0.2, -0.15) is 0 Å². The molecule has 1 nitrogen and oxygen atoms in total. The lowest BCUT2D eigenvalue weighted by Gasteiger charge is -2.25. The molecule has 1 rings (SSSR count). The van der Waals surface area contributed by atoms with Gasteiger partial charge in [0, 0.05) is 0 Å². The summed E-state index contributed by atoms with van der Waals surface area (Å²) in [5.41, 5.74) is 0. The van der Waals surface area contributed by atoms with Crippen LogP contribution in [0.25, 0.3) is 0 Å². The van der Waals surface area contributed by atoms with E-state index in [-0.39, 0.29) is 6.10 Å². The number of aliphatic hydroxyl groups is 1. The van der Waals surface area contributed by atoms with Crippen molar-refractivity contribution in [1.29, 1.82) is 0 Å². The van der Waals surface area contributed by atoms with E-state index in [1.165, 1.54) is 32.1 Å². The van der Waals surface area contributed by atoms with Gasteiger partial charge in [-0.05, 0) is 25.2 Å². The van der Waals surface area contributed by atoms with Crippen molar-refractivity contribution in [3.63, 3.8) is 0 Å².